The maximum absolute atomic E-state index is 4.61. The number of pyridine rings is 1. The van der Waals surface area contributed by atoms with Gasteiger partial charge < -0.3 is 10.6 Å². The molecule has 2 N–H and O–H groups in total. The molecule has 2 heterocycles. The van der Waals surface area contributed by atoms with Gasteiger partial charge in [0.15, 0.2) is 0 Å². The number of nitrogens with one attached hydrogen (secondary N) is 2. The lowest BCUT2D eigenvalue weighted by molar-refractivity contribution is 0.273. The average Bonchev–Trinajstić information content (AvgIpc) is 2.33. The summed E-state index contributed by atoms with van der Waals surface area (Å²) in [6.07, 6.45) is 5.18. The summed E-state index contributed by atoms with van der Waals surface area (Å²) in [5.41, 5.74) is 2.49. The second kappa shape index (κ2) is 3.90. The molecule has 1 aromatic rings. The second-order valence-corrected chi connectivity index (χ2v) is 5.79. The van der Waals surface area contributed by atoms with Crippen molar-refractivity contribution < 1.29 is 0 Å². The molecule has 1 aliphatic carbocycles. The molecule has 1 fully saturated rings. The first-order chi connectivity index (χ1) is 8.17. The van der Waals surface area contributed by atoms with E-state index in [1.54, 1.807) is 0 Å². The van der Waals surface area contributed by atoms with Gasteiger partial charge in [-0.15, -0.1) is 0 Å². The number of hydrogen-bond donors (Lipinski definition) is 2. The summed E-state index contributed by atoms with van der Waals surface area (Å²) in [5.74, 6) is 1.93. The zero-order valence-corrected chi connectivity index (χ0v) is 10.7. The Balaban J connectivity index is 1.84. The number of rotatable bonds is 0. The zero-order valence-electron chi connectivity index (χ0n) is 10.7. The number of fused-ring (bicyclic) bond motifs is 1. The molecule has 2 aliphatic rings. The summed E-state index contributed by atoms with van der Waals surface area (Å²) in [5, 5.41) is 7.24. The highest BCUT2D eigenvalue weighted by Crippen LogP contribution is 2.38. The third-order valence-electron chi connectivity index (χ3n) is 4.27. The average molecular weight is 231 g/mol. The minimum absolute atomic E-state index is 0.250. The van der Waals surface area contributed by atoms with Crippen LogP contribution >= 0.6 is 0 Å². The Morgan fingerprint density at radius 2 is 2.06 bits per heavy atom. The van der Waals surface area contributed by atoms with Crippen molar-refractivity contribution >= 4 is 11.5 Å². The number of hydrogen-bond acceptors (Lipinski definition) is 3. The van der Waals surface area contributed by atoms with Crippen LogP contribution in [0.2, 0.25) is 0 Å². The van der Waals surface area contributed by atoms with E-state index in [0.717, 1.165) is 29.7 Å². The molecule has 0 bridgehead atoms. The van der Waals surface area contributed by atoms with Crippen LogP contribution in [0.5, 0.6) is 0 Å². The fourth-order valence-electron chi connectivity index (χ4n) is 2.97. The van der Waals surface area contributed by atoms with Crippen LogP contribution in [-0.4, -0.2) is 17.1 Å². The lowest BCUT2D eigenvalue weighted by Crippen LogP contribution is -2.50. The fourth-order valence-corrected chi connectivity index (χ4v) is 2.97. The Hall–Kier alpha value is -1.25. The molecule has 1 spiro atoms. The number of aryl methyl sites for hydroxylation is 1. The number of aromatic nitrogens is 1. The van der Waals surface area contributed by atoms with E-state index in [1.807, 2.05) is 6.92 Å². The van der Waals surface area contributed by atoms with E-state index in [1.165, 1.54) is 25.7 Å². The van der Waals surface area contributed by atoms with Crippen LogP contribution in [0.3, 0.4) is 0 Å². The first-order valence-corrected chi connectivity index (χ1v) is 6.67. The smallest absolute Gasteiger partial charge is 0.150 e. The van der Waals surface area contributed by atoms with Gasteiger partial charge in [0.2, 0.25) is 0 Å². The number of anilines is 2. The lowest BCUT2D eigenvalue weighted by Gasteiger charge is -2.44. The maximum atomic E-state index is 4.61. The van der Waals surface area contributed by atoms with Crippen molar-refractivity contribution in [2.24, 2.45) is 5.92 Å². The minimum Gasteiger partial charge on any atom is -0.380 e. The molecule has 3 rings (SSSR count). The standard InChI is InChI=1S/C14H21N3/c1-10-5-7-14(8-6-10)9-15-12-4-3-11(2)16-13(12)17-14/h3-4,10,15H,5-9H2,1-2H3,(H,16,17). The van der Waals surface area contributed by atoms with E-state index in [0.29, 0.717) is 0 Å². The zero-order chi connectivity index (χ0) is 11.9. The van der Waals surface area contributed by atoms with E-state index in [9.17, 15) is 0 Å². The van der Waals surface area contributed by atoms with Crippen LogP contribution in [0.25, 0.3) is 0 Å². The van der Waals surface area contributed by atoms with Crippen LogP contribution < -0.4 is 10.6 Å². The summed E-state index contributed by atoms with van der Waals surface area (Å²) < 4.78 is 0. The first-order valence-electron chi connectivity index (χ1n) is 6.67. The van der Waals surface area contributed by atoms with Crippen molar-refractivity contribution in [2.45, 2.75) is 45.1 Å². The Labute approximate surface area is 103 Å². The van der Waals surface area contributed by atoms with Gasteiger partial charge in [-0.05, 0) is 50.7 Å². The molecular weight excluding hydrogens is 210 g/mol. The van der Waals surface area contributed by atoms with Crippen LogP contribution in [0.15, 0.2) is 12.1 Å². The summed E-state index contributed by atoms with van der Waals surface area (Å²) >= 11 is 0. The van der Waals surface area contributed by atoms with Crippen molar-refractivity contribution in [2.75, 3.05) is 17.2 Å². The van der Waals surface area contributed by atoms with E-state index in [2.05, 4.69) is 34.7 Å². The molecule has 92 valence electrons. The Morgan fingerprint density at radius 3 is 2.82 bits per heavy atom. The third-order valence-corrected chi connectivity index (χ3v) is 4.27. The highest BCUT2D eigenvalue weighted by Gasteiger charge is 2.37. The molecule has 17 heavy (non-hydrogen) atoms. The first kappa shape index (κ1) is 10.9. The van der Waals surface area contributed by atoms with Gasteiger partial charge >= 0.3 is 0 Å². The Bertz CT molecular complexity index is 419. The van der Waals surface area contributed by atoms with E-state index in [-0.39, 0.29) is 5.54 Å². The van der Waals surface area contributed by atoms with Crippen LogP contribution in [0, 0.1) is 12.8 Å². The van der Waals surface area contributed by atoms with Crippen molar-refractivity contribution in [1.29, 1.82) is 0 Å². The van der Waals surface area contributed by atoms with Crippen molar-refractivity contribution in [3.05, 3.63) is 17.8 Å². The van der Waals surface area contributed by atoms with E-state index >= 15 is 0 Å². The van der Waals surface area contributed by atoms with Gasteiger partial charge in [0.1, 0.15) is 5.82 Å². The molecule has 3 heteroatoms. The highest BCUT2D eigenvalue weighted by molar-refractivity contribution is 5.68. The summed E-state index contributed by atoms with van der Waals surface area (Å²) in [7, 11) is 0. The van der Waals surface area contributed by atoms with Gasteiger partial charge in [-0.3, -0.25) is 0 Å². The topological polar surface area (TPSA) is 37.0 Å². The van der Waals surface area contributed by atoms with Crippen LogP contribution in [0.1, 0.15) is 38.3 Å². The molecular formula is C14H21N3. The van der Waals surface area contributed by atoms with Gasteiger partial charge in [0, 0.05) is 12.2 Å². The van der Waals surface area contributed by atoms with E-state index in [4.69, 9.17) is 0 Å². The molecule has 1 aromatic heterocycles. The summed E-state index contributed by atoms with van der Waals surface area (Å²) in [6, 6.07) is 4.19. The predicted octanol–water partition coefficient (Wildman–Crippen LogP) is 3.18. The van der Waals surface area contributed by atoms with Gasteiger partial charge in [-0.2, -0.15) is 0 Å². The van der Waals surface area contributed by atoms with Gasteiger partial charge in [-0.1, -0.05) is 6.92 Å². The molecule has 0 radical (unpaired) electrons. The normalized spacial score (nSPS) is 31.5. The third kappa shape index (κ3) is 1.99. The monoisotopic (exact) mass is 231 g/mol. The van der Waals surface area contributed by atoms with Crippen molar-refractivity contribution in [1.82, 2.24) is 4.98 Å². The molecule has 0 aromatic carbocycles. The Morgan fingerprint density at radius 1 is 1.29 bits per heavy atom. The molecule has 0 saturated heterocycles. The fraction of sp³-hybridized carbons (Fsp3) is 0.643. The predicted molar refractivity (Wildman–Crippen MR) is 71.4 cm³/mol. The van der Waals surface area contributed by atoms with E-state index < -0.39 is 0 Å². The molecule has 3 nitrogen and oxygen atoms in total. The van der Waals surface area contributed by atoms with Crippen LogP contribution in [0.4, 0.5) is 11.5 Å². The quantitative estimate of drug-likeness (QED) is 0.720. The Kier molecular flexibility index (Phi) is 2.49. The largest absolute Gasteiger partial charge is 0.380 e. The molecule has 0 amide bonds. The molecule has 1 aliphatic heterocycles. The van der Waals surface area contributed by atoms with Gasteiger partial charge in [-0.25, -0.2) is 4.98 Å². The van der Waals surface area contributed by atoms with Gasteiger partial charge in [0.05, 0.1) is 11.2 Å². The number of nitrogens with zero attached hydrogens (tertiary/aromatic N) is 1. The lowest BCUT2D eigenvalue weighted by atomic mass is 9.76. The van der Waals surface area contributed by atoms with Crippen molar-refractivity contribution in [3.63, 3.8) is 0 Å². The van der Waals surface area contributed by atoms with Gasteiger partial charge in [0.25, 0.3) is 0 Å². The molecule has 0 atom stereocenters. The molecule has 0 unspecified atom stereocenters. The SMILES string of the molecule is Cc1ccc2c(n1)NC1(CCC(C)CC1)CN2. The minimum atomic E-state index is 0.250. The maximum Gasteiger partial charge on any atom is 0.150 e. The molecule has 1 saturated carbocycles. The summed E-state index contributed by atoms with van der Waals surface area (Å²) in [6.45, 7) is 5.45. The second-order valence-electron chi connectivity index (χ2n) is 5.79. The summed E-state index contributed by atoms with van der Waals surface area (Å²) in [4.78, 5) is 4.61. The van der Waals surface area contributed by atoms with Crippen molar-refractivity contribution in [3.8, 4) is 0 Å². The highest BCUT2D eigenvalue weighted by atomic mass is 15.2. The van der Waals surface area contributed by atoms with Crippen LogP contribution in [-0.2, 0) is 0 Å².